The number of thiazole rings is 1. The van der Waals surface area contributed by atoms with Gasteiger partial charge in [0.05, 0.1) is 5.51 Å². The van der Waals surface area contributed by atoms with E-state index in [4.69, 9.17) is 0 Å². The van der Waals surface area contributed by atoms with Crippen LogP contribution in [0.5, 0.6) is 0 Å². The third-order valence-electron chi connectivity index (χ3n) is 2.08. The quantitative estimate of drug-likeness (QED) is 0.671. The highest BCUT2D eigenvalue weighted by Gasteiger charge is 2.11. The van der Waals surface area contributed by atoms with Gasteiger partial charge in [-0.1, -0.05) is 18.2 Å². The third-order valence-corrected chi connectivity index (χ3v) is 2.99. The van der Waals surface area contributed by atoms with Gasteiger partial charge in [-0.3, -0.25) is 9.78 Å². The van der Waals surface area contributed by atoms with Crippen molar-refractivity contribution < 1.29 is 4.79 Å². The van der Waals surface area contributed by atoms with Crippen LogP contribution in [0.3, 0.4) is 0 Å². The second-order valence-corrected chi connectivity index (χ2v) is 3.85. The predicted molar refractivity (Wildman–Crippen MR) is 52.8 cm³/mol. The lowest BCUT2D eigenvalue weighted by Gasteiger charge is -2.11. The van der Waals surface area contributed by atoms with Gasteiger partial charge in [0.25, 0.3) is 0 Å². The van der Waals surface area contributed by atoms with Gasteiger partial charge in [-0.2, -0.15) is 0 Å². The maximum absolute atomic E-state index is 10.4. The molecule has 0 fully saturated rings. The fourth-order valence-corrected chi connectivity index (χ4v) is 2.06. The van der Waals surface area contributed by atoms with Crippen LogP contribution in [0.25, 0.3) is 0 Å². The highest BCUT2D eigenvalue weighted by atomic mass is 32.1. The van der Waals surface area contributed by atoms with Gasteiger partial charge >= 0.3 is 0 Å². The van der Waals surface area contributed by atoms with E-state index in [-0.39, 0.29) is 0 Å². The van der Waals surface area contributed by atoms with E-state index in [2.05, 4.69) is 11.1 Å². The van der Waals surface area contributed by atoms with Gasteiger partial charge in [0, 0.05) is 22.6 Å². The van der Waals surface area contributed by atoms with Gasteiger partial charge < -0.3 is 0 Å². The zero-order valence-corrected chi connectivity index (χ0v) is 7.83. The van der Waals surface area contributed by atoms with Crippen molar-refractivity contribution in [2.24, 2.45) is 0 Å². The molecule has 0 bridgehead atoms. The number of allylic oxidation sites excluding steroid dienone is 4. The molecule has 0 aromatic carbocycles. The molecule has 0 aliphatic heterocycles. The molecule has 1 unspecified atom stereocenters. The zero-order valence-electron chi connectivity index (χ0n) is 7.01. The van der Waals surface area contributed by atoms with Crippen LogP contribution in [0.4, 0.5) is 0 Å². The number of carbonyl (C=O) groups excluding carboxylic acids is 1. The topological polar surface area (TPSA) is 30.0 Å². The summed E-state index contributed by atoms with van der Waals surface area (Å²) in [6, 6.07) is 0. The van der Waals surface area contributed by atoms with Crippen molar-refractivity contribution in [2.45, 2.75) is 12.3 Å². The first-order valence-corrected chi connectivity index (χ1v) is 5.00. The van der Waals surface area contributed by atoms with Crippen LogP contribution >= 0.6 is 11.3 Å². The minimum absolute atomic E-state index is 0.413. The van der Waals surface area contributed by atoms with Gasteiger partial charge in [0.1, 0.15) is 6.29 Å². The second kappa shape index (κ2) is 3.66. The van der Waals surface area contributed by atoms with E-state index in [1.807, 2.05) is 23.9 Å². The monoisotopic (exact) mass is 191 g/mol. The van der Waals surface area contributed by atoms with Gasteiger partial charge in [0.15, 0.2) is 0 Å². The molecule has 0 radical (unpaired) electrons. The maximum atomic E-state index is 10.4. The molecule has 1 aliphatic carbocycles. The van der Waals surface area contributed by atoms with Gasteiger partial charge in [0.2, 0.25) is 0 Å². The van der Waals surface area contributed by atoms with E-state index in [1.54, 1.807) is 11.3 Å². The zero-order chi connectivity index (χ0) is 9.10. The molecule has 0 saturated carbocycles. The summed E-state index contributed by atoms with van der Waals surface area (Å²) < 4.78 is 0. The van der Waals surface area contributed by atoms with Crippen LogP contribution in [0.1, 0.15) is 17.2 Å². The van der Waals surface area contributed by atoms with Crippen molar-refractivity contribution in [2.75, 3.05) is 0 Å². The summed E-state index contributed by atoms with van der Waals surface area (Å²) in [5.41, 5.74) is 2.61. The molecule has 1 atom stereocenters. The average molecular weight is 191 g/mol. The lowest BCUT2D eigenvalue weighted by Crippen LogP contribution is -1.96. The summed E-state index contributed by atoms with van der Waals surface area (Å²) in [6.45, 7) is 0. The largest absolute Gasteiger partial charge is 0.298 e. The average Bonchev–Trinajstić information content (AvgIpc) is 2.71. The molecule has 2 rings (SSSR count). The second-order valence-electron chi connectivity index (χ2n) is 2.93. The molecule has 13 heavy (non-hydrogen) atoms. The Kier molecular flexibility index (Phi) is 2.36. The molecular weight excluding hydrogens is 182 g/mol. The van der Waals surface area contributed by atoms with Crippen LogP contribution in [0.2, 0.25) is 0 Å². The molecule has 1 aliphatic rings. The van der Waals surface area contributed by atoms with E-state index in [0.717, 1.165) is 18.3 Å². The van der Waals surface area contributed by atoms with Gasteiger partial charge in [-0.05, 0) is 6.42 Å². The van der Waals surface area contributed by atoms with Crippen molar-refractivity contribution in [3.8, 4) is 0 Å². The molecule has 0 N–H and O–H groups in total. The number of hydrogen-bond donors (Lipinski definition) is 0. The summed E-state index contributed by atoms with van der Waals surface area (Å²) in [6.07, 6.45) is 9.60. The Morgan fingerprint density at radius 2 is 2.54 bits per heavy atom. The number of aldehydes is 1. The lowest BCUT2D eigenvalue weighted by molar-refractivity contribution is -0.104. The molecule has 1 aromatic heterocycles. The number of aromatic nitrogens is 1. The summed E-state index contributed by atoms with van der Waals surface area (Å²) >= 11 is 1.66. The van der Waals surface area contributed by atoms with Crippen LogP contribution in [-0.4, -0.2) is 11.3 Å². The lowest BCUT2D eigenvalue weighted by atomic mass is 9.96. The SMILES string of the molecule is O=CC1=CCC(c2cncs2)C=C1. The molecule has 1 aromatic rings. The van der Waals surface area contributed by atoms with Crippen molar-refractivity contribution >= 4 is 17.6 Å². The summed E-state index contributed by atoms with van der Waals surface area (Å²) in [7, 11) is 0. The molecule has 0 saturated heterocycles. The fraction of sp³-hybridized carbons (Fsp3) is 0.200. The molecule has 2 nitrogen and oxygen atoms in total. The molecule has 66 valence electrons. The number of rotatable bonds is 2. The van der Waals surface area contributed by atoms with Crippen molar-refractivity contribution in [3.63, 3.8) is 0 Å². The highest BCUT2D eigenvalue weighted by molar-refractivity contribution is 7.09. The molecule has 3 heteroatoms. The van der Waals surface area contributed by atoms with Gasteiger partial charge in [-0.15, -0.1) is 11.3 Å². The van der Waals surface area contributed by atoms with Crippen molar-refractivity contribution in [1.82, 2.24) is 4.98 Å². The first kappa shape index (κ1) is 8.38. The Balaban J connectivity index is 2.13. The fourth-order valence-electron chi connectivity index (χ4n) is 1.34. The normalized spacial score (nSPS) is 21.2. The number of nitrogens with zero attached hydrogens (tertiary/aromatic N) is 1. The Bertz CT molecular complexity index is 351. The Morgan fingerprint density at radius 1 is 1.62 bits per heavy atom. The Morgan fingerprint density at radius 3 is 3.08 bits per heavy atom. The van der Waals surface area contributed by atoms with Crippen LogP contribution in [-0.2, 0) is 4.79 Å². The minimum Gasteiger partial charge on any atom is -0.298 e. The third kappa shape index (κ3) is 1.75. The van der Waals surface area contributed by atoms with E-state index < -0.39 is 0 Å². The van der Waals surface area contributed by atoms with Gasteiger partial charge in [-0.25, -0.2) is 0 Å². The first-order chi connectivity index (χ1) is 6.40. The Hall–Kier alpha value is -1.22. The smallest absolute Gasteiger partial charge is 0.149 e. The minimum atomic E-state index is 0.413. The molecule has 0 spiro atoms. The van der Waals surface area contributed by atoms with Crippen LogP contribution in [0, 0.1) is 0 Å². The summed E-state index contributed by atoms with van der Waals surface area (Å²) in [5, 5.41) is 0. The highest BCUT2D eigenvalue weighted by Crippen LogP contribution is 2.28. The van der Waals surface area contributed by atoms with E-state index >= 15 is 0 Å². The summed E-state index contributed by atoms with van der Waals surface area (Å²) in [5.74, 6) is 0.413. The molecule has 1 heterocycles. The predicted octanol–water partition coefficient (Wildman–Crippen LogP) is 2.31. The standard InChI is InChI=1S/C10H9NOS/c12-6-8-1-3-9(4-2-8)10-5-11-7-13-10/h1-3,5-7,9H,4H2. The Labute approximate surface area is 80.6 Å². The maximum Gasteiger partial charge on any atom is 0.149 e. The number of carbonyl (C=O) groups is 1. The first-order valence-electron chi connectivity index (χ1n) is 4.12. The number of hydrogen-bond acceptors (Lipinski definition) is 3. The van der Waals surface area contributed by atoms with E-state index in [9.17, 15) is 4.79 Å². The molecular formula is C10H9NOS. The summed E-state index contributed by atoms with van der Waals surface area (Å²) in [4.78, 5) is 15.7. The van der Waals surface area contributed by atoms with Crippen LogP contribution in [0.15, 0.2) is 35.5 Å². The van der Waals surface area contributed by atoms with Crippen molar-refractivity contribution in [1.29, 1.82) is 0 Å². The van der Waals surface area contributed by atoms with Crippen LogP contribution < -0.4 is 0 Å². The molecule has 0 amide bonds. The van der Waals surface area contributed by atoms with E-state index in [0.29, 0.717) is 5.92 Å². The van der Waals surface area contributed by atoms with E-state index in [1.165, 1.54) is 4.88 Å². The van der Waals surface area contributed by atoms with Crippen molar-refractivity contribution in [3.05, 3.63) is 40.4 Å².